The number of amides is 3. The molecule has 0 radical (unpaired) electrons. The molecule has 0 fully saturated rings. The molecule has 0 aliphatic carbocycles. The highest BCUT2D eigenvalue weighted by atomic mass is 35.5. The normalized spacial score (nSPS) is 20.4. The van der Waals surface area contributed by atoms with Crippen LogP contribution in [0.2, 0.25) is 5.02 Å². The maximum atomic E-state index is 14.4. The summed E-state index contributed by atoms with van der Waals surface area (Å²) in [6.07, 6.45) is 1.49. The van der Waals surface area contributed by atoms with Gasteiger partial charge in [-0.25, -0.2) is 13.2 Å². The number of carbonyl (C=O) groups is 2. The quantitative estimate of drug-likeness (QED) is 0.258. The Morgan fingerprint density at radius 3 is 2.47 bits per heavy atom. The Hall–Kier alpha value is -4.24. The third-order valence-electron chi connectivity index (χ3n) is 8.85. The van der Waals surface area contributed by atoms with Gasteiger partial charge in [-0.15, -0.1) is 0 Å². The van der Waals surface area contributed by atoms with Crippen LogP contribution in [-0.2, 0) is 14.8 Å². The minimum absolute atomic E-state index is 0.00752. The van der Waals surface area contributed by atoms with Crippen molar-refractivity contribution >= 4 is 44.9 Å². The van der Waals surface area contributed by atoms with Crippen LogP contribution >= 0.6 is 11.6 Å². The van der Waals surface area contributed by atoms with E-state index in [-0.39, 0.29) is 60.7 Å². The molecule has 2 heterocycles. The molecular formula is C36H45ClN4O9S. The van der Waals surface area contributed by atoms with E-state index in [0.29, 0.717) is 41.0 Å². The van der Waals surface area contributed by atoms with Crippen LogP contribution < -0.4 is 24.2 Å². The molecule has 0 spiro atoms. The number of rotatable bonds is 8. The second-order valence-corrected chi connectivity index (χ2v) is 15.1. The molecule has 0 saturated carbocycles. The number of aliphatic hydroxyl groups is 1. The van der Waals surface area contributed by atoms with E-state index < -0.39 is 28.1 Å². The number of anilines is 2. The van der Waals surface area contributed by atoms with Crippen molar-refractivity contribution in [2.24, 2.45) is 5.92 Å². The second-order valence-electron chi connectivity index (χ2n) is 12.9. The molecule has 0 aromatic heterocycles. The second kappa shape index (κ2) is 16.9. The third kappa shape index (κ3) is 9.76. The monoisotopic (exact) mass is 744 g/mol. The number of hydrogen-bond acceptors (Lipinski definition) is 9. The van der Waals surface area contributed by atoms with Crippen molar-refractivity contribution in [1.29, 1.82) is 0 Å². The summed E-state index contributed by atoms with van der Waals surface area (Å²) in [5.74, 6) is 0.714. The summed E-state index contributed by atoms with van der Waals surface area (Å²) in [7, 11) is -2.33. The number of sulfonamides is 1. The number of carbonyl (C=O) groups excluding carboxylic acids is 2. The van der Waals surface area contributed by atoms with Gasteiger partial charge < -0.3 is 39.2 Å². The van der Waals surface area contributed by atoms with Crippen LogP contribution in [0, 0.1) is 5.92 Å². The van der Waals surface area contributed by atoms with Crippen LogP contribution in [0.15, 0.2) is 65.6 Å². The highest BCUT2D eigenvalue weighted by molar-refractivity contribution is 7.92. The van der Waals surface area contributed by atoms with Gasteiger partial charge in [0.25, 0.3) is 15.9 Å². The van der Waals surface area contributed by atoms with E-state index in [9.17, 15) is 23.1 Å². The standard InChI is InChI=1S/C36H45ClN4O9S/c1-23-19-41(24(2)21-42)35(43)30-17-28(39-51(45,46)29-12-8-26(37)9-13-29)11-14-31(30)50-25(3)7-5-6-16-47-34(23)20-40(4)36(44)38-27-10-15-32-33(18-27)49-22-48-32/h8-15,17-18,23-25,34,39,42H,5-7,16,19-22H2,1-4H3,(H,38,44)/t23-,24+,25+,34+/m0/s1. The first-order chi connectivity index (χ1) is 24.3. The fraction of sp³-hybridized carbons (Fsp3) is 0.444. The predicted molar refractivity (Wildman–Crippen MR) is 193 cm³/mol. The van der Waals surface area contributed by atoms with Gasteiger partial charge in [-0.05, 0) is 87.7 Å². The molecule has 51 heavy (non-hydrogen) atoms. The molecule has 3 amide bonds. The Morgan fingerprint density at radius 1 is 1.02 bits per heavy atom. The number of urea groups is 1. The molecule has 0 saturated heterocycles. The summed E-state index contributed by atoms with van der Waals surface area (Å²) < 4.78 is 52.4. The summed E-state index contributed by atoms with van der Waals surface area (Å²) >= 11 is 5.95. The van der Waals surface area contributed by atoms with Crippen molar-refractivity contribution < 1.29 is 42.1 Å². The smallest absolute Gasteiger partial charge is 0.321 e. The van der Waals surface area contributed by atoms with Gasteiger partial charge in [0.05, 0.1) is 35.3 Å². The Balaban J connectivity index is 1.39. The van der Waals surface area contributed by atoms with Crippen LogP contribution in [-0.4, -0.2) is 93.7 Å². The van der Waals surface area contributed by atoms with E-state index in [1.807, 2.05) is 13.8 Å². The van der Waals surface area contributed by atoms with Gasteiger partial charge in [-0.1, -0.05) is 18.5 Å². The highest BCUT2D eigenvalue weighted by Gasteiger charge is 2.31. The number of likely N-dealkylation sites (N-methyl/N-ethyl adjacent to an activating group) is 1. The van der Waals surface area contributed by atoms with Crippen molar-refractivity contribution in [3.63, 3.8) is 0 Å². The molecule has 0 unspecified atom stereocenters. The van der Waals surface area contributed by atoms with Crippen molar-refractivity contribution in [3.8, 4) is 17.2 Å². The van der Waals surface area contributed by atoms with Gasteiger partial charge in [0, 0.05) is 55.1 Å². The zero-order chi connectivity index (χ0) is 36.7. The van der Waals surface area contributed by atoms with Crippen LogP contribution in [0.1, 0.15) is 50.4 Å². The van der Waals surface area contributed by atoms with Crippen LogP contribution in [0.3, 0.4) is 0 Å². The SMILES string of the molecule is C[C@@H]1CCCCO[C@H](CN(C)C(=O)Nc2ccc3c(c2)OCO3)[C@@H](C)CN([C@H](C)CO)C(=O)c2cc(NS(=O)(=O)c3ccc(Cl)cc3)ccc2O1. The van der Waals surface area contributed by atoms with Crippen molar-refractivity contribution in [1.82, 2.24) is 9.80 Å². The van der Waals surface area contributed by atoms with Gasteiger partial charge >= 0.3 is 6.03 Å². The summed E-state index contributed by atoms with van der Waals surface area (Å²) in [5.41, 5.74) is 0.852. The maximum Gasteiger partial charge on any atom is 0.321 e. The maximum absolute atomic E-state index is 14.4. The molecule has 3 N–H and O–H groups in total. The fourth-order valence-electron chi connectivity index (χ4n) is 5.82. The molecule has 2 aliphatic rings. The van der Waals surface area contributed by atoms with E-state index in [4.69, 9.17) is 30.5 Å². The molecular weight excluding hydrogens is 700 g/mol. The van der Waals surface area contributed by atoms with Crippen molar-refractivity contribution in [3.05, 3.63) is 71.2 Å². The van der Waals surface area contributed by atoms with Crippen LogP contribution in [0.4, 0.5) is 16.2 Å². The topological polar surface area (TPSA) is 156 Å². The molecule has 5 rings (SSSR count). The van der Waals surface area contributed by atoms with Gasteiger partial charge in [0.2, 0.25) is 6.79 Å². The largest absolute Gasteiger partial charge is 0.490 e. The van der Waals surface area contributed by atoms with Crippen LogP contribution in [0.25, 0.3) is 0 Å². The zero-order valence-corrected chi connectivity index (χ0v) is 30.7. The lowest BCUT2D eigenvalue weighted by molar-refractivity contribution is -0.0115. The summed E-state index contributed by atoms with van der Waals surface area (Å²) in [6.45, 7) is 6.20. The minimum atomic E-state index is -4.01. The molecule has 3 aromatic carbocycles. The number of fused-ring (bicyclic) bond motifs is 2. The van der Waals surface area contributed by atoms with Gasteiger partial charge in [0.15, 0.2) is 11.5 Å². The van der Waals surface area contributed by atoms with E-state index in [1.165, 1.54) is 40.1 Å². The van der Waals surface area contributed by atoms with Crippen molar-refractivity contribution in [2.45, 2.75) is 63.2 Å². The summed E-state index contributed by atoms with van der Waals surface area (Å²) in [5, 5.41) is 13.5. The van der Waals surface area contributed by atoms with E-state index >= 15 is 0 Å². The number of benzene rings is 3. The lowest BCUT2D eigenvalue weighted by Crippen LogP contribution is -2.48. The molecule has 13 nitrogen and oxygen atoms in total. The Bertz CT molecular complexity index is 1790. The predicted octanol–water partition coefficient (Wildman–Crippen LogP) is 5.83. The number of ether oxygens (including phenoxy) is 4. The molecule has 2 aliphatic heterocycles. The lowest BCUT2D eigenvalue weighted by atomic mass is 10.0. The fourth-order valence-corrected chi connectivity index (χ4v) is 7.00. The van der Waals surface area contributed by atoms with E-state index in [2.05, 4.69) is 10.0 Å². The molecule has 3 aromatic rings. The van der Waals surface area contributed by atoms with Gasteiger partial charge in [-0.2, -0.15) is 0 Å². The first-order valence-corrected chi connectivity index (χ1v) is 18.7. The molecule has 15 heteroatoms. The summed E-state index contributed by atoms with van der Waals surface area (Å²) in [6, 6.07) is 14.5. The lowest BCUT2D eigenvalue weighted by Gasteiger charge is -2.35. The van der Waals surface area contributed by atoms with E-state index in [1.54, 1.807) is 44.3 Å². The number of aliphatic hydroxyl groups excluding tert-OH is 1. The van der Waals surface area contributed by atoms with Gasteiger partial charge in [-0.3, -0.25) is 9.52 Å². The number of halogens is 1. The Labute approximate surface area is 303 Å². The summed E-state index contributed by atoms with van der Waals surface area (Å²) in [4.78, 5) is 30.7. The average Bonchev–Trinajstić information content (AvgIpc) is 3.57. The Morgan fingerprint density at radius 2 is 1.73 bits per heavy atom. The minimum Gasteiger partial charge on any atom is -0.490 e. The van der Waals surface area contributed by atoms with Crippen molar-refractivity contribution in [2.75, 3.05) is 50.2 Å². The van der Waals surface area contributed by atoms with E-state index in [0.717, 1.165) is 12.8 Å². The third-order valence-corrected chi connectivity index (χ3v) is 10.5. The number of nitrogens with zero attached hydrogens (tertiary/aromatic N) is 2. The molecule has 276 valence electrons. The van der Waals surface area contributed by atoms with Gasteiger partial charge in [0.1, 0.15) is 5.75 Å². The highest BCUT2D eigenvalue weighted by Crippen LogP contribution is 2.34. The molecule has 0 bridgehead atoms. The average molecular weight is 745 g/mol. The first kappa shape index (κ1) is 38.0. The first-order valence-electron chi connectivity index (χ1n) is 16.9. The molecule has 4 atom stereocenters. The number of nitrogens with one attached hydrogen (secondary N) is 2. The number of hydrogen-bond donors (Lipinski definition) is 3. The zero-order valence-electron chi connectivity index (χ0n) is 29.1. The van der Waals surface area contributed by atoms with Crippen LogP contribution in [0.5, 0.6) is 17.2 Å². The Kier molecular flexibility index (Phi) is 12.6.